The first-order chi connectivity index (χ1) is 7.09. The lowest BCUT2D eigenvalue weighted by Gasteiger charge is -2.39. The van der Waals surface area contributed by atoms with Crippen molar-refractivity contribution in [1.29, 1.82) is 0 Å². The van der Waals surface area contributed by atoms with Crippen molar-refractivity contribution < 1.29 is 4.39 Å². The lowest BCUT2D eigenvalue weighted by Crippen LogP contribution is -2.41. The van der Waals surface area contributed by atoms with Gasteiger partial charge in [-0.2, -0.15) is 0 Å². The molecule has 1 aromatic rings. The maximum atomic E-state index is 12.8. The molecule has 2 rings (SSSR count). The van der Waals surface area contributed by atoms with E-state index in [4.69, 9.17) is 0 Å². The molecule has 1 saturated heterocycles. The zero-order valence-electron chi connectivity index (χ0n) is 9.39. The van der Waals surface area contributed by atoms with Crippen molar-refractivity contribution in [3.05, 3.63) is 35.6 Å². The maximum Gasteiger partial charge on any atom is 0.123 e. The molecule has 82 valence electrons. The van der Waals surface area contributed by atoms with Gasteiger partial charge < -0.3 is 5.32 Å². The molecule has 0 bridgehead atoms. The third-order valence-electron chi connectivity index (χ3n) is 3.41. The lowest BCUT2D eigenvalue weighted by atomic mass is 9.71. The predicted molar refractivity (Wildman–Crippen MR) is 60.4 cm³/mol. The van der Waals surface area contributed by atoms with Crippen LogP contribution in [0.5, 0.6) is 0 Å². The molecule has 1 aliphatic heterocycles. The topological polar surface area (TPSA) is 12.0 Å². The van der Waals surface area contributed by atoms with E-state index in [-0.39, 0.29) is 11.2 Å². The van der Waals surface area contributed by atoms with E-state index in [9.17, 15) is 4.39 Å². The Bertz CT molecular complexity index is 329. The summed E-state index contributed by atoms with van der Waals surface area (Å²) in [5, 5.41) is 3.41. The number of benzene rings is 1. The number of hydrogen-bond acceptors (Lipinski definition) is 1. The molecule has 1 aromatic carbocycles. The molecule has 0 spiro atoms. The average molecular weight is 207 g/mol. The van der Waals surface area contributed by atoms with Gasteiger partial charge in [0, 0.05) is 6.54 Å². The van der Waals surface area contributed by atoms with E-state index in [1.54, 1.807) is 12.1 Å². The Kier molecular flexibility index (Phi) is 2.79. The summed E-state index contributed by atoms with van der Waals surface area (Å²) in [6.45, 7) is 6.64. The molecule has 0 radical (unpaired) electrons. The molecule has 0 aliphatic carbocycles. The number of rotatable bonds is 1. The van der Waals surface area contributed by atoms with Crippen LogP contribution in [0.2, 0.25) is 0 Å². The summed E-state index contributed by atoms with van der Waals surface area (Å²) in [6.07, 6.45) is 1.14. The standard InChI is InChI=1S/C13H18FN/c1-13(2)9-15-8-7-12(13)10-3-5-11(14)6-4-10/h3-6,12,15H,7-9H2,1-2H3. The fourth-order valence-corrected chi connectivity index (χ4v) is 2.48. The van der Waals surface area contributed by atoms with E-state index in [1.807, 2.05) is 12.1 Å². The predicted octanol–water partition coefficient (Wildman–Crippen LogP) is 2.93. The molecular formula is C13H18FN. The molecule has 0 aromatic heterocycles. The highest BCUT2D eigenvalue weighted by molar-refractivity contribution is 5.23. The van der Waals surface area contributed by atoms with Crippen LogP contribution >= 0.6 is 0 Å². The summed E-state index contributed by atoms with van der Waals surface area (Å²) >= 11 is 0. The van der Waals surface area contributed by atoms with Crippen molar-refractivity contribution in [1.82, 2.24) is 5.32 Å². The summed E-state index contributed by atoms with van der Waals surface area (Å²) in [5.74, 6) is 0.393. The van der Waals surface area contributed by atoms with Crippen LogP contribution in [-0.2, 0) is 0 Å². The SMILES string of the molecule is CC1(C)CNCCC1c1ccc(F)cc1. The smallest absolute Gasteiger partial charge is 0.123 e. The Balaban J connectivity index is 2.25. The van der Waals surface area contributed by atoms with Crippen LogP contribution in [-0.4, -0.2) is 13.1 Å². The Morgan fingerprint density at radius 1 is 1.27 bits per heavy atom. The van der Waals surface area contributed by atoms with Gasteiger partial charge in [-0.3, -0.25) is 0 Å². The molecule has 1 atom stereocenters. The van der Waals surface area contributed by atoms with Gasteiger partial charge in [0.2, 0.25) is 0 Å². The third-order valence-corrected chi connectivity index (χ3v) is 3.41. The second-order valence-electron chi connectivity index (χ2n) is 5.06. The Morgan fingerprint density at radius 2 is 1.93 bits per heavy atom. The van der Waals surface area contributed by atoms with Gasteiger partial charge in [0.25, 0.3) is 0 Å². The van der Waals surface area contributed by atoms with E-state index in [0.717, 1.165) is 19.5 Å². The molecule has 0 saturated carbocycles. The van der Waals surface area contributed by atoms with E-state index < -0.39 is 0 Å². The minimum absolute atomic E-state index is 0.148. The summed E-state index contributed by atoms with van der Waals surface area (Å²) in [6, 6.07) is 6.97. The molecular weight excluding hydrogens is 189 g/mol. The molecule has 1 unspecified atom stereocenters. The number of halogens is 1. The van der Waals surface area contributed by atoms with E-state index >= 15 is 0 Å². The highest BCUT2D eigenvalue weighted by Crippen LogP contribution is 2.39. The van der Waals surface area contributed by atoms with Gasteiger partial charge in [-0.25, -0.2) is 4.39 Å². The van der Waals surface area contributed by atoms with Crippen LogP contribution in [0.25, 0.3) is 0 Å². The normalized spacial score (nSPS) is 25.1. The van der Waals surface area contributed by atoms with Gasteiger partial charge in [-0.1, -0.05) is 26.0 Å². The van der Waals surface area contributed by atoms with Crippen LogP contribution < -0.4 is 5.32 Å². The maximum absolute atomic E-state index is 12.8. The molecule has 0 amide bonds. The molecule has 15 heavy (non-hydrogen) atoms. The fraction of sp³-hybridized carbons (Fsp3) is 0.538. The first-order valence-corrected chi connectivity index (χ1v) is 5.56. The van der Waals surface area contributed by atoms with Crippen molar-refractivity contribution in [2.24, 2.45) is 5.41 Å². The highest BCUT2D eigenvalue weighted by atomic mass is 19.1. The first-order valence-electron chi connectivity index (χ1n) is 5.56. The second kappa shape index (κ2) is 3.93. The summed E-state index contributed by atoms with van der Waals surface area (Å²) in [5.41, 5.74) is 1.53. The number of piperidine rings is 1. The van der Waals surface area contributed by atoms with Crippen molar-refractivity contribution in [2.45, 2.75) is 26.2 Å². The van der Waals surface area contributed by atoms with Gasteiger partial charge in [0.05, 0.1) is 0 Å². The van der Waals surface area contributed by atoms with Crippen LogP contribution in [0, 0.1) is 11.2 Å². The minimum atomic E-state index is -0.148. The summed E-state index contributed by atoms with van der Waals surface area (Å²) in [7, 11) is 0. The van der Waals surface area contributed by atoms with Crippen LogP contribution in [0.4, 0.5) is 4.39 Å². The molecule has 1 fully saturated rings. The van der Waals surface area contributed by atoms with Crippen LogP contribution in [0.15, 0.2) is 24.3 Å². The summed E-state index contributed by atoms with van der Waals surface area (Å²) in [4.78, 5) is 0. The van der Waals surface area contributed by atoms with Gasteiger partial charge in [-0.15, -0.1) is 0 Å². The van der Waals surface area contributed by atoms with Crippen molar-refractivity contribution >= 4 is 0 Å². The zero-order valence-corrected chi connectivity index (χ0v) is 9.39. The fourth-order valence-electron chi connectivity index (χ4n) is 2.48. The van der Waals surface area contributed by atoms with Gasteiger partial charge in [0.1, 0.15) is 5.82 Å². The first kappa shape index (κ1) is 10.6. The van der Waals surface area contributed by atoms with Crippen molar-refractivity contribution in [3.63, 3.8) is 0 Å². The van der Waals surface area contributed by atoms with E-state index in [0.29, 0.717) is 5.92 Å². The Hall–Kier alpha value is -0.890. The summed E-state index contributed by atoms with van der Waals surface area (Å²) < 4.78 is 12.8. The lowest BCUT2D eigenvalue weighted by molar-refractivity contribution is 0.219. The monoisotopic (exact) mass is 207 g/mol. The van der Waals surface area contributed by atoms with Gasteiger partial charge in [-0.05, 0) is 42.0 Å². The molecule has 1 N–H and O–H groups in total. The second-order valence-corrected chi connectivity index (χ2v) is 5.06. The minimum Gasteiger partial charge on any atom is -0.316 e. The Labute approximate surface area is 90.7 Å². The average Bonchev–Trinajstić information content (AvgIpc) is 2.19. The van der Waals surface area contributed by atoms with Crippen molar-refractivity contribution in [2.75, 3.05) is 13.1 Å². The molecule has 1 nitrogen and oxygen atoms in total. The van der Waals surface area contributed by atoms with E-state index in [1.165, 1.54) is 5.56 Å². The van der Waals surface area contributed by atoms with Crippen molar-refractivity contribution in [3.8, 4) is 0 Å². The largest absolute Gasteiger partial charge is 0.316 e. The molecule has 2 heteroatoms. The highest BCUT2D eigenvalue weighted by Gasteiger charge is 2.32. The molecule has 1 aliphatic rings. The number of hydrogen-bond donors (Lipinski definition) is 1. The van der Waals surface area contributed by atoms with Crippen LogP contribution in [0.1, 0.15) is 31.7 Å². The Morgan fingerprint density at radius 3 is 2.53 bits per heavy atom. The quantitative estimate of drug-likeness (QED) is 0.746. The van der Waals surface area contributed by atoms with Crippen LogP contribution in [0.3, 0.4) is 0 Å². The van der Waals surface area contributed by atoms with Gasteiger partial charge >= 0.3 is 0 Å². The van der Waals surface area contributed by atoms with Gasteiger partial charge in [0.15, 0.2) is 0 Å². The number of nitrogens with one attached hydrogen (secondary N) is 1. The zero-order chi connectivity index (χ0) is 10.9. The molecule has 1 heterocycles. The van der Waals surface area contributed by atoms with E-state index in [2.05, 4.69) is 19.2 Å². The third kappa shape index (κ3) is 2.20.